The van der Waals surface area contributed by atoms with Crippen molar-refractivity contribution in [2.45, 2.75) is 26.9 Å². The van der Waals surface area contributed by atoms with Crippen LogP contribution in [0.5, 0.6) is 11.5 Å². The van der Waals surface area contributed by atoms with Crippen LogP contribution in [0, 0.1) is 6.92 Å². The maximum absolute atomic E-state index is 12.3. The predicted molar refractivity (Wildman–Crippen MR) is 118 cm³/mol. The van der Waals surface area contributed by atoms with Crippen LogP contribution >= 0.6 is 0 Å². The van der Waals surface area contributed by atoms with E-state index in [2.05, 4.69) is 4.99 Å². The van der Waals surface area contributed by atoms with E-state index in [4.69, 9.17) is 14.2 Å². The van der Waals surface area contributed by atoms with Crippen molar-refractivity contribution in [2.24, 2.45) is 4.99 Å². The Balaban J connectivity index is 1.88. The minimum absolute atomic E-state index is 0.152. The van der Waals surface area contributed by atoms with Crippen molar-refractivity contribution < 1.29 is 23.8 Å². The molecule has 1 amide bonds. The van der Waals surface area contributed by atoms with Crippen LogP contribution in [0.4, 0.5) is 0 Å². The van der Waals surface area contributed by atoms with E-state index in [1.54, 1.807) is 45.3 Å². The van der Waals surface area contributed by atoms with Crippen molar-refractivity contribution in [3.05, 3.63) is 64.9 Å². The first-order valence-corrected chi connectivity index (χ1v) is 10.0. The molecule has 0 aromatic heterocycles. The molecule has 3 rings (SSSR count). The molecule has 1 heterocycles. The van der Waals surface area contributed by atoms with Crippen LogP contribution in [-0.2, 0) is 14.3 Å². The molecule has 162 valence electrons. The second-order valence-corrected chi connectivity index (χ2v) is 7.28. The number of nitrogens with zero attached hydrogens (tertiary/aromatic N) is 2. The van der Waals surface area contributed by atoms with E-state index in [-0.39, 0.29) is 17.5 Å². The topological polar surface area (TPSA) is 77.4 Å². The minimum atomic E-state index is -0.663. The number of carbonyl (C=O) groups excluding carboxylic acids is 2. The molecule has 0 spiro atoms. The summed E-state index contributed by atoms with van der Waals surface area (Å²) in [7, 11) is 3.35. The highest BCUT2D eigenvalue weighted by molar-refractivity contribution is 6.13. The van der Waals surface area contributed by atoms with Gasteiger partial charge in [-0.25, -0.2) is 9.79 Å². The zero-order valence-corrected chi connectivity index (χ0v) is 18.3. The molecule has 0 unspecified atom stereocenters. The fourth-order valence-corrected chi connectivity index (χ4v) is 3.08. The maximum Gasteiger partial charge on any atom is 0.363 e. The molecular weight excluding hydrogens is 396 g/mol. The SMILES string of the molecule is CCOc1cc(/C=C2/N=C(c3ccccc3C)OC2=O)ccc1O[C@@H](C)C(=O)N(C)C. The van der Waals surface area contributed by atoms with Crippen molar-refractivity contribution in [1.82, 2.24) is 4.90 Å². The number of aryl methyl sites for hydroxylation is 1. The molecule has 0 saturated carbocycles. The molecule has 0 saturated heterocycles. The van der Waals surface area contributed by atoms with Gasteiger partial charge in [0.05, 0.1) is 6.61 Å². The van der Waals surface area contributed by atoms with Gasteiger partial charge in [0.15, 0.2) is 23.3 Å². The van der Waals surface area contributed by atoms with Gasteiger partial charge in [0, 0.05) is 19.7 Å². The second kappa shape index (κ2) is 9.47. The van der Waals surface area contributed by atoms with Gasteiger partial charge >= 0.3 is 5.97 Å². The smallest absolute Gasteiger partial charge is 0.363 e. The monoisotopic (exact) mass is 422 g/mol. The van der Waals surface area contributed by atoms with E-state index in [0.29, 0.717) is 23.7 Å². The second-order valence-electron chi connectivity index (χ2n) is 7.28. The number of carbonyl (C=O) groups is 2. The van der Waals surface area contributed by atoms with Crippen LogP contribution < -0.4 is 9.47 Å². The van der Waals surface area contributed by atoms with Gasteiger partial charge in [0.25, 0.3) is 5.91 Å². The normalized spacial score (nSPS) is 15.3. The summed E-state index contributed by atoms with van der Waals surface area (Å²) in [5, 5.41) is 0. The number of hydrogen-bond donors (Lipinski definition) is 0. The van der Waals surface area contributed by atoms with Gasteiger partial charge in [0.1, 0.15) is 0 Å². The average molecular weight is 422 g/mol. The fraction of sp³-hybridized carbons (Fsp3) is 0.292. The zero-order valence-electron chi connectivity index (χ0n) is 18.3. The van der Waals surface area contributed by atoms with E-state index in [1.807, 2.05) is 38.1 Å². The molecule has 1 atom stereocenters. The number of rotatable bonds is 7. The number of aliphatic imine (C=N–C) groups is 1. The Hall–Kier alpha value is -3.61. The van der Waals surface area contributed by atoms with Crippen molar-refractivity contribution in [2.75, 3.05) is 20.7 Å². The maximum atomic E-state index is 12.3. The molecule has 0 N–H and O–H groups in total. The van der Waals surface area contributed by atoms with Crippen LogP contribution in [0.25, 0.3) is 6.08 Å². The Labute approximate surface area is 181 Å². The molecule has 0 fully saturated rings. The van der Waals surface area contributed by atoms with Crippen LogP contribution in [0.3, 0.4) is 0 Å². The Kier molecular flexibility index (Phi) is 6.74. The average Bonchev–Trinajstić information content (AvgIpc) is 3.09. The standard InChI is InChI=1S/C24H26N2O5/c1-6-29-21-14-17(11-12-20(21)30-16(3)23(27)26(4)5)13-19-24(28)31-22(25-19)18-10-8-7-9-15(18)2/h7-14,16H,6H2,1-5H3/b19-13+/t16-/m0/s1. The van der Waals surface area contributed by atoms with E-state index < -0.39 is 12.1 Å². The lowest BCUT2D eigenvalue weighted by atomic mass is 10.1. The molecule has 1 aliphatic rings. The Morgan fingerprint density at radius 1 is 1.19 bits per heavy atom. The van der Waals surface area contributed by atoms with Crippen LogP contribution in [0.15, 0.2) is 53.2 Å². The minimum Gasteiger partial charge on any atom is -0.490 e. The van der Waals surface area contributed by atoms with Gasteiger partial charge in [-0.05, 0) is 56.2 Å². The Morgan fingerprint density at radius 2 is 1.94 bits per heavy atom. The summed E-state index contributed by atoms with van der Waals surface area (Å²) in [6.45, 7) is 5.90. The summed E-state index contributed by atoms with van der Waals surface area (Å²) in [4.78, 5) is 30.3. The molecule has 2 aromatic rings. The number of likely N-dealkylation sites (N-methyl/N-ethyl adjacent to an activating group) is 1. The predicted octanol–water partition coefficient (Wildman–Crippen LogP) is 3.59. The Bertz CT molecular complexity index is 1060. The van der Waals surface area contributed by atoms with Crippen molar-refractivity contribution in [3.8, 4) is 11.5 Å². The number of ether oxygens (including phenoxy) is 3. The van der Waals surface area contributed by atoms with Crippen LogP contribution in [0.2, 0.25) is 0 Å². The van der Waals surface area contributed by atoms with Gasteiger partial charge in [0.2, 0.25) is 5.90 Å². The van der Waals surface area contributed by atoms with Gasteiger partial charge in [-0.15, -0.1) is 0 Å². The van der Waals surface area contributed by atoms with Gasteiger partial charge in [-0.2, -0.15) is 0 Å². The molecule has 1 aliphatic heterocycles. The first-order chi connectivity index (χ1) is 14.8. The molecule has 0 radical (unpaired) electrons. The summed E-state index contributed by atoms with van der Waals surface area (Å²) >= 11 is 0. The zero-order chi connectivity index (χ0) is 22.5. The summed E-state index contributed by atoms with van der Waals surface area (Å²) in [6.07, 6.45) is 0.971. The van der Waals surface area contributed by atoms with Gasteiger partial charge < -0.3 is 19.1 Å². The summed E-state index contributed by atoms with van der Waals surface area (Å²) in [6, 6.07) is 12.8. The number of benzene rings is 2. The highest BCUT2D eigenvalue weighted by Crippen LogP contribution is 2.31. The molecule has 0 aliphatic carbocycles. The van der Waals surface area contributed by atoms with Gasteiger partial charge in [-0.3, -0.25) is 4.79 Å². The lowest BCUT2D eigenvalue weighted by Gasteiger charge is -2.20. The number of hydrogen-bond acceptors (Lipinski definition) is 6. The third-order valence-corrected chi connectivity index (χ3v) is 4.66. The molecule has 31 heavy (non-hydrogen) atoms. The molecule has 7 heteroatoms. The summed E-state index contributed by atoms with van der Waals surface area (Å²) in [5.41, 5.74) is 2.64. The Morgan fingerprint density at radius 3 is 2.61 bits per heavy atom. The van der Waals surface area contributed by atoms with E-state index in [1.165, 1.54) is 4.90 Å². The quantitative estimate of drug-likeness (QED) is 0.503. The largest absolute Gasteiger partial charge is 0.490 e. The van der Waals surface area contributed by atoms with E-state index in [9.17, 15) is 9.59 Å². The first kappa shape index (κ1) is 22.1. The number of esters is 1. The summed E-state index contributed by atoms with van der Waals surface area (Å²) < 4.78 is 16.8. The summed E-state index contributed by atoms with van der Waals surface area (Å²) in [5.74, 6) is 0.548. The molecule has 7 nitrogen and oxygen atoms in total. The number of cyclic esters (lactones) is 1. The van der Waals surface area contributed by atoms with Crippen molar-refractivity contribution >= 4 is 23.9 Å². The van der Waals surface area contributed by atoms with Crippen LogP contribution in [0.1, 0.15) is 30.5 Å². The molecule has 0 bridgehead atoms. The van der Waals surface area contributed by atoms with Crippen molar-refractivity contribution in [1.29, 1.82) is 0 Å². The molecular formula is C24H26N2O5. The fourth-order valence-electron chi connectivity index (χ4n) is 3.08. The first-order valence-electron chi connectivity index (χ1n) is 10.0. The van der Waals surface area contributed by atoms with E-state index >= 15 is 0 Å². The molecule has 2 aromatic carbocycles. The van der Waals surface area contributed by atoms with Gasteiger partial charge in [-0.1, -0.05) is 24.3 Å². The third-order valence-electron chi connectivity index (χ3n) is 4.66. The lowest BCUT2D eigenvalue weighted by molar-refractivity contribution is -0.135. The third kappa shape index (κ3) is 5.12. The number of amides is 1. The van der Waals surface area contributed by atoms with Crippen LogP contribution in [-0.4, -0.2) is 49.5 Å². The van der Waals surface area contributed by atoms with E-state index in [0.717, 1.165) is 11.1 Å². The van der Waals surface area contributed by atoms with Crippen molar-refractivity contribution in [3.63, 3.8) is 0 Å². The highest BCUT2D eigenvalue weighted by Gasteiger charge is 2.25. The lowest BCUT2D eigenvalue weighted by Crippen LogP contribution is -2.35. The highest BCUT2D eigenvalue weighted by atomic mass is 16.6.